The molecule has 0 radical (unpaired) electrons. The maximum atomic E-state index is 12.4. The van der Waals surface area contributed by atoms with E-state index in [0.717, 1.165) is 16.2 Å². The van der Waals surface area contributed by atoms with Gasteiger partial charge in [-0.05, 0) is 30.3 Å². The van der Waals surface area contributed by atoms with Gasteiger partial charge in [-0.1, -0.05) is 54.6 Å². The highest BCUT2D eigenvalue weighted by molar-refractivity contribution is 8.00. The van der Waals surface area contributed by atoms with Crippen molar-refractivity contribution in [1.82, 2.24) is 4.98 Å². The molecule has 0 saturated heterocycles. The molecule has 2 amide bonds. The number of nitrogens with one attached hydrogen (secondary N) is 2. The lowest BCUT2D eigenvalue weighted by atomic mass is 10.2. The Morgan fingerprint density at radius 3 is 2.42 bits per heavy atom. The number of benzene rings is 3. The summed E-state index contributed by atoms with van der Waals surface area (Å²) in [5, 5.41) is 8.15. The zero-order valence-corrected chi connectivity index (χ0v) is 19.2. The van der Waals surface area contributed by atoms with Gasteiger partial charge in [0.05, 0.1) is 11.4 Å². The first kappa shape index (κ1) is 22.6. The van der Waals surface area contributed by atoms with E-state index in [0.29, 0.717) is 16.6 Å². The Hall–Kier alpha value is -3.62. The fourth-order valence-corrected chi connectivity index (χ4v) is 4.39. The highest BCUT2D eigenvalue weighted by atomic mass is 32.2. The summed E-state index contributed by atoms with van der Waals surface area (Å²) in [4.78, 5) is 29.9. The van der Waals surface area contributed by atoms with Gasteiger partial charge in [0.15, 0.2) is 11.7 Å². The van der Waals surface area contributed by atoms with Crippen molar-refractivity contribution in [3.05, 3.63) is 90.3 Å². The Labute approximate surface area is 200 Å². The summed E-state index contributed by atoms with van der Waals surface area (Å²) in [6.45, 7) is -0.0808. The number of nitrogens with zero attached hydrogens (tertiary/aromatic N) is 1. The van der Waals surface area contributed by atoms with E-state index in [4.69, 9.17) is 4.74 Å². The molecule has 4 aromatic rings. The van der Waals surface area contributed by atoms with Gasteiger partial charge in [-0.25, -0.2) is 4.98 Å². The smallest absolute Gasteiger partial charge is 0.262 e. The lowest BCUT2D eigenvalue weighted by molar-refractivity contribution is -0.118. The molecule has 0 fully saturated rings. The molecule has 4 rings (SSSR count). The highest BCUT2D eigenvalue weighted by Crippen LogP contribution is 2.26. The van der Waals surface area contributed by atoms with Gasteiger partial charge in [0.25, 0.3) is 5.91 Å². The Bertz CT molecular complexity index is 1210. The van der Waals surface area contributed by atoms with Crippen LogP contribution in [0.2, 0.25) is 0 Å². The first-order chi connectivity index (χ1) is 16.2. The summed E-state index contributed by atoms with van der Waals surface area (Å²) >= 11 is 2.78. The molecule has 0 bridgehead atoms. The van der Waals surface area contributed by atoms with E-state index in [-0.39, 0.29) is 24.2 Å². The molecule has 1 heterocycles. The van der Waals surface area contributed by atoms with Crippen molar-refractivity contribution >= 4 is 45.7 Å². The van der Waals surface area contributed by atoms with Crippen LogP contribution in [-0.2, 0) is 9.59 Å². The maximum Gasteiger partial charge on any atom is 0.262 e. The van der Waals surface area contributed by atoms with Gasteiger partial charge in [0, 0.05) is 21.5 Å². The molecule has 2 N–H and O–H groups in total. The largest absolute Gasteiger partial charge is 0.484 e. The summed E-state index contributed by atoms with van der Waals surface area (Å²) in [6, 6.07) is 26.4. The van der Waals surface area contributed by atoms with Crippen LogP contribution in [0.1, 0.15) is 0 Å². The lowest BCUT2D eigenvalue weighted by Gasteiger charge is -2.09. The van der Waals surface area contributed by atoms with Crippen LogP contribution >= 0.6 is 23.1 Å². The van der Waals surface area contributed by atoms with Crippen LogP contribution in [0.4, 0.5) is 10.8 Å². The van der Waals surface area contributed by atoms with Crippen molar-refractivity contribution in [1.29, 1.82) is 0 Å². The number of carbonyl (C=O) groups is 2. The summed E-state index contributed by atoms with van der Waals surface area (Å²) in [6.07, 6.45) is 0. The van der Waals surface area contributed by atoms with Crippen molar-refractivity contribution < 1.29 is 14.3 Å². The van der Waals surface area contributed by atoms with E-state index >= 15 is 0 Å². The monoisotopic (exact) mass is 475 g/mol. The Kier molecular flexibility index (Phi) is 7.73. The Balaban J connectivity index is 1.25. The SMILES string of the molecule is O=C(COc1ccccc1)Nc1cccc(SCC(=O)Nc2nc(-c3ccccc3)cs2)c1. The summed E-state index contributed by atoms with van der Waals surface area (Å²) < 4.78 is 5.46. The molecule has 8 heteroatoms. The molecule has 166 valence electrons. The number of thioether (sulfide) groups is 1. The van der Waals surface area contributed by atoms with E-state index in [2.05, 4.69) is 15.6 Å². The third kappa shape index (κ3) is 6.93. The molecular weight excluding hydrogens is 454 g/mol. The lowest BCUT2D eigenvalue weighted by Crippen LogP contribution is -2.20. The second kappa shape index (κ2) is 11.3. The van der Waals surface area contributed by atoms with Crippen molar-refractivity contribution in [2.45, 2.75) is 4.90 Å². The molecule has 0 aliphatic heterocycles. The topological polar surface area (TPSA) is 80.3 Å². The number of rotatable bonds is 9. The molecule has 0 spiro atoms. The minimum Gasteiger partial charge on any atom is -0.484 e. The van der Waals surface area contributed by atoms with Crippen LogP contribution in [0.3, 0.4) is 0 Å². The molecule has 3 aromatic carbocycles. The van der Waals surface area contributed by atoms with Gasteiger partial charge >= 0.3 is 0 Å². The summed E-state index contributed by atoms with van der Waals surface area (Å²) in [5.41, 5.74) is 2.49. The van der Waals surface area contributed by atoms with Crippen LogP contribution in [0.25, 0.3) is 11.3 Å². The second-order valence-corrected chi connectivity index (χ2v) is 8.83. The molecule has 0 saturated carbocycles. The van der Waals surface area contributed by atoms with Crippen LogP contribution in [0.15, 0.2) is 95.2 Å². The normalized spacial score (nSPS) is 10.4. The van der Waals surface area contributed by atoms with E-state index in [1.807, 2.05) is 72.1 Å². The summed E-state index contributed by atoms with van der Waals surface area (Å²) in [7, 11) is 0. The number of ether oxygens (including phenoxy) is 1. The van der Waals surface area contributed by atoms with Crippen molar-refractivity contribution in [3.8, 4) is 17.0 Å². The molecule has 0 unspecified atom stereocenters. The van der Waals surface area contributed by atoms with Gasteiger partial charge in [-0.3, -0.25) is 9.59 Å². The van der Waals surface area contributed by atoms with Gasteiger partial charge < -0.3 is 15.4 Å². The minimum atomic E-state index is -0.253. The number of hydrogen-bond donors (Lipinski definition) is 2. The maximum absolute atomic E-state index is 12.4. The third-order valence-electron chi connectivity index (χ3n) is 4.42. The Morgan fingerprint density at radius 1 is 0.879 bits per heavy atom. The van der Waals surface area contributed by atoms with Crippen LogP contribution in [-0.4, -0.2) is 29.2 Å². The Morgan fingerprint density at radius 2 is 1.64 bits per heavy atom. The predicted molar refractivity (Wildman–Crippen MR) is 134 cm³/mol. The van der Waals surface area contributed by atoms with Gasteiger partial charge in [-0.15, -0.1) is 23.1 Å². The van der Waals surface area contributed by atoms with E-state index in [9.17, 15) is 9.59 Å². The van der Waals surface area contributed by atoms with E-state index in [1.165, 1.54) is 23.1 Å². The van der Waals surface area contributed by atoms with Gasteiger partial charge in [0.2, 0.25) is 5.91 Å². The van der Waals surface area contributed by atoms with Crippen LogP contribution < -0.4 is 15.4 Å². The number of thiazole rings is 1. The van der Waals surface area contributed by atoms with Crippen LogP contribution in [0.5, 0.6) is 5.75 Å². The number of anilines is 2. The number of para-hydroxylation sites is 1. The first-order valence-electron chi connectivity index (χ1n) is 10.2. The molecule has 33 heavy (non-hydrogen) atoms. The summed E-state index contributed by atoms with van der Waals surface area (Å²) in [5.74, 6) is 0.477. The van der Waals surface area contributed by atoms with E-state index < -0.39 is 0 Å². The number of carbonyl (C=O) groups excluding carboxylic acids is 2. The minimum absolute atomic E-state index is 0.0808. The van der Waals surface area contributed by atoms with Crippen LogP contribution in [0, 0.1) is 0 Å². The fraction of sp³-hybridized carbons (Fsp3) is 0.0800. The van der Waals surface area contributed by atoms with E-state index in [1.54, 1.807) is 18.2 Å². The quantitative estimate of drug-likeness (QED) is 0.310. The van der Waals surface area contributed by atoms with Gasteiger partial charge in [0.1, 0.15) is 5.75 Å². The van der Waals surface area contributed by atoms with Gasteiger partial charge in [-0.2, -0.15) is 0 Å². The number of aromatic nitrogens is 1. The predicted octanol–water partition coefficient (Wildman–Crippen LogP) is 5.56. The average molecular weight is 476 g/mol. The number of amides is 2. The zero-order valence-electron chi connectivity index (χ0n) is 17.6. The standard InChI is InChI=1S/C25H21N3O3S2/c29-23(15-31-20-11-5-2-6-12-20)26-19-10-7-13-21(14-19)32-17-24(30)28-25-27-22(16-33-25)18-8-3-1-4-9-18/h1-14,16H,15,17H2,(H,26,29)(H,27,28,30). The fourth-order valence-electron chi connectivity index (χ4n) is 2.90. The molecule has 0 aliphatic carbocycles. The second-order valence-electron chi connectivity index (χ2n) is 6.92. The van der Waals surface area contributed by atoms with Crippen molar-refractivity contribution in [2.24, 2.45) is 0 Å². The zero-order chi connectivity index (χ0) is 22.9. The average Bonchev–Trinajstić information content (AvgIpc) is 3.31. The molecule has 0 aliphatic rings. The molecule has 0 atom stereocenters. The molecule has 6 nitrogen and oxygen atoms in total. The van der Waals surface area contributed by atoms with Crippen molar-refractivity contribution in [3.63, 3.8) is 0 Å². The number of hydrogen-bond acceptors (Lipinski definition) is 6. The third-order valence-corrected chi connectivity index (χ3v) is 6.17. The first-order valence-corrected chi connectivity index (χ1v) is 12.0. The molecular formula is C25H21N3O3S2. The highest BCUT2D eigenvalue weighted by Gasteiger charge is 2.10. The molecule has 1 aromatic heterocycles. The van der Waals surface area contributed by atoms with Crippen molar-refractivity contribution in [2.75, 3.05) is 23.0 Å².